The second-order valence-electron chi connectivity index (χ2n) is 6.20. The van der Waals surface area contributed by atoms with Crippen LogP contribution in [0.2, 0.25) is 0 Å². The van der Waals surface area contributed by atoms with Gasteiger partial charge < -0.3 is 9.64 Å². The predicted octanol–water partition coefficient (Wildman–Crippen LogP) is 2.11. The molecule has 6 nitrogen and oxygen atoms in total. The fraction of sp³-hybridized carbons (Fsp3) is 0.412. The molecule has 26 heavy (non-hydrogen) atoms. The van der Waals surface area contributed by atoms with Gasteiger partial charge in [0, 0.05) is 24.0 Å². The maximum Gasteiger partial charge on any atom is 0.237 e. The molecule has 1 saturated heterocycles. The first-order valence-corrected chi connectivity index (χ1v) is 10.8. The lowest BCUT2D eigenvalue weighted by atomic mass is 10.2. The predicted molar refractivity (Wildman–Crippen MR) is 97.0 cm³/mol. The Kier molecular flexibility index (Phi) is 5.69. The summed E-state index contributed by atoms with van der Waals surface area (Å²) < 4.78 is 43.1. The Hall–Kier alpha value is -1.84. The Morgan fingerprint density at radius 1 is 1.38 bits per heavy atom. The highest BCUT2D eigenvalue weighted by atomic mass is 32.2. The summed E-state index contributed by atoms with van der Waals surface area (Å²) in [7, 11) is -3.62. The van der Waals surface area contributed by atoms with E-state index in [9.17, 15) is 17.6 Å². The van der Waals surface area contributed by atoms with E-state index in [4.69, 9.17) is 4.74 Å². The third-order valence-corrected chi connectivity index (χ3v) is 6.31. The van der Waals surface area contributed by atoms with E-state index in [1.165, 1.54) is 28.4 Å². The normalized spacial score (nSPS) is 18.1. The highest BCUT2D eigenvalue weighted by Crippen LogP contribution is 2.24. The molecule has 2 heterocycles. The highest BCUT2D eigenvalue weighted by molar-refractivity contribution is 7.91. The molecule has 0 saturated carbocycles. The molecule has 1 fully saturated rings. The number of morpholine rings is 1. The summed E-state index contributed by atoms with van der Waals surface area (Å²) in [5.41, 5.74) is 1.11. The number of hydrogen-bond donors (Lipinski definition) is 0. The average molecular weight is 398 g/mol. The van der Waals surface area contributed by atoms with Crippen LogP contribution in [0.5, 0.6) is 0 Å². The van der Waals surface area contributed by atoms with E-state index in [1.807, 2.05) is 6.92 Å². The van der Waals surface area contributed by atoms with E-state index in [0.29, 0.717) is 30.4 Å². The molecule has 3 rings (SSSR count). The van der Waals surface area contributed by atoms with Crippen molar-refractivity contribution in [3.63, 3.8) is 0 Å². The molecule has 9 heteroatoms. The first-order chi connectivity index (χ1) is 12.3. The molecule has 140 valence electrons. The minimum atomic E-state index is -3.62. The van der Waals surface area contributed by atoms with Crippen molar-refractivity contribution in [2.75, 3.05) is 25.4 Å². The molecule has 0 radical (unpaired) electrons. The summed E-state index contributed by atoms with van der Waals surface area (Å²) in [6.07, 6.45) is -0.0905. The van der Waals surface area contributed by atoms with Gasteiger partial charge in [0.05, 0.1) is 24.2 Å². The van der Waals surface area contributed by atoms with Crippen molar-refractivity contribution in [3.8, 4) is 10.6 Å². The van der Waals surface area contributed by atoms with Gasteiger partial charge in [0.2, 0.25) is 5.91 Å². The number of thiazole rings is 1. The number of amides is 1. The summed E-state index contributed by atoms with van der Waals surface area (Å²) in [6.45, 7) is 3.07. The van der Waals surface area contributed by atoms with Crippen LogP contribution in [-0.4, -0.2) is 55.8 Å². The Bertz CT molecular complexity index is 880. The monoisotopic (exact) mass is 398 g/mol. The van der Waals surface area contributed by atoms with E-state index >= 15 is 0 Å². The molecule has 0 spiro atoms. The zero-order valence-electron chi connectivity index (χ0n) is 14.2. The number of carbonyl (C=O) groups is 1. The maximum atomic E-state index is 13.0. The number of sulfone groups is 1. The van der Waals surface area contributed by atoms with E-state index < -0.39 is 21.5 Å². The fourth-order valence-corrected chi connectivity index (χ4v) is 4.89. The zero-order valence-corrected chi connectivity index (χ0v) is 15.9. The lowest BCUT2D eigenvalue weighted by Crippen LogP contribution is -2.46. The van der Waals surface area contributed by atoms with E-state index in [2.05, 4.69) is 4.98 Å². The van der Waals surface area contributed by atoms with Crippen molar-refractivity contribution in [1.82, 2.24) is 9.88 Å². The second-order valence-corrected chi connectivity index (χ2v) is 9.13. The minimum Gasteiger partial charge on any atom is -0.375 e. The minimum absolute atomic E-state index is 0.0905. The fourth-order valence-electron chi connectivity index (χ4n) is 2.70. The van der Waals surface area contributed by atoms with Gasteiger partial charge >= 0.3 is 0 Å². The number of aromatic nitrogens is 1. The van der Waals surface area contributed by atoms with Gasteiger partial charge in [-0.3, -0.25) is 4.79 Å². The molecule has 0 bridgehead atoms. The lowest BCUT2D eigenvalue weighted by Gasteiger charge is -2.31. The first kappa shape index (κ1) is 18.9. The van der Waals surface area contributed by atoms with Crippen LogP contribution >= 0.6 is 11.3 Å². The van der Waals surface area contributed by atoms with Crippen molar-refractivity contribution in [3.05, 3.63) is 41.2 Å². The van der Waals surface area contributed by atoms with Crippen molar-refractivity contribution in [2.24, 2.45) is 0 Å². The van der Waals surface area contributed by atoms with Crippen molar-refractivity contribution >= 4 is 27.1 Å². The number of halogens is 1. The van der Waals surface area contributed by atoms with Crippen molar-refractivity contribution in [1.29, 1.82) is 0 Å². The molecule has 1 unspecified atom stereocenters. The third-order valence-electron chi connectivity index (χ3n) is 3.95. The SMILES string of the molecule is CC1CN(C(=O)CS(=O)(=O)Cc2csc(-c3ccc(F)cc3)n2)CCO1. The van der Waals surface area contributed by atoms with Crippen molar-refractivity contribution in [2.45, 2.75) is 18.8 Å². The maximum absolute atomic E-state index is 13.0. The average Bonchev–Trinajstić information content (AvgIpc) is 3.02. The smallest absolute Gasteiger partial charge is 0.237 e. The van der Waals surface area contributed by atoms with Crippen LogP contribution < -0.4 is 0 Å². The topological polar surface area (TPSA) is 76.6 Å². The van der Waals surface area contributed by atoms with Gasteiger partial charge in [0.25, 0.3) is 0 Å². The number of carbonyl (C=O) groups excluding carboxylic acids is 1. The molecule has 2 aromatic rings. The summed E-state index contributed by atoms with van der Waals surface area (Å²) in [6, 6.07) is 5.84. The molecule has 0 aliphatic carbocycles. The number of benzene rings is 1. The third kappa shape index (κ3) is 4.87. The van der Waals surface area contributed by atoms with Crippen LogP contribution in [0.25, 0.3) is 10.6 Å². The molecular weight excluding hydrogens is 379 g/mol. The Labute approximate surface area is 155 Å². The first-order valence-electron chi connectivity index (χ1n) is 8.12. The molecule has 0 N–H and O–H groups in total. The molecular formula is C17H19FN2O4S2. The van der Waals surface area contributed by atoms with Crippen LogP contribution in [0, 0.1) is 5.82 Å². The van der Waals surface area contributed by atoms with Gasteiger partial charge in [0.1, 0.15) is 16.6 Å². The Morgan fingerprint density at radius 3 is 2.81 bits per heavy atom. The van der Waals surface area contributed by atoms with Gasteiger partial charge in [-0.2, -0.15) is 0 Å². The number of ether oxygens (including phenoxy) is 1. The summed E-state index contributed by atoms with van der Waals surface area (Å²) in [4.78, 5) is 18.1. The van der Waals surface area contributed by atoms with Gasteiger partial charge in [-0.05, 0) is 31.2 Å². The summed E-state index contributed by atoms with van der Waals surface area (Å²) >= 11 is 1.29. The van der Waals surface area contributed by atoms with E-state index in [-0.39, 0.29) is 17.7 Å². The molecule has 1 amide bonds. The number of nitrogens with zero attached hydrogens (tertiary/aromatic N) is 2. The van der Waals surface area contributed by atoms with Gasteiger partial charge in [-0.15, -0.1) is 11.3 Å². The van der Waals surface area contributed by atoms with Crippen LogP contribution in [0.1, 0.15) is 12.6 Å². The molecule has 1 aliphatic rings. The summed E-state index contributed by atoms with van der Waals surface area (Å²) in [5, 5.41) is 2.26. The van der Waals surface area contributed by atoms with E-state index in [1.54, 1.807) is 17.5 Å². The van der Waals surface area contributed by atoms with Gasteiger partial charge in [-0.1, -0.05) is 0 Å². The standard InChI is InChI=1S/C17H19FN2O4S2/c1-12-8-20(6-7-24-12)16(21)11-26(22,23)10-15-9-25-17(19-15)13-2-4-14(18)5-3-13/h2-5,9,12H,6-8,10-11H2,1H3. The summed E-state index contributed by atoms with van der Waals surface area (Å²) in [5.74, 6) is -1.59. The number of rotatable bonds is 5. The lowest BCUT2D eigenvalue weighted by molar-refractivity contribution is -0.135. The zero-order chi connectivity index (χ0) is 18.7. The molecule has 1 aromatic carbocycles. The number of hydrogen-bond acceptors (Lipinski definition) is 6. The van der Waals surface area contributed by atoms with Crippen LogP contribution in [0.4, 0.5) is 4.39 Å². The quantitative estimate of drug-likeness (QED) is 0.771. The molecule has 1 atom stereocenters. The Morgan fingerprint density at radius 2 is 2.12 bits per heavy atom. The molecule has 1 aromatic heterocycles. The molecule has 1 aliphatic heterocycles. The largest absolute Gasteiger partial charge is 0.375 e. The van der Waals surface area contributed by atoms with Crippen LogP contribution in [-0.2, 0) is 25.1 Å². The Balaban J connectivity index is 1.64. The van der Waals surface area contributed by atoms with E-state index in [0.717, 1.165) is 5.56 Å². The van der Waals surface area contributed by atoms with Crippen LogP contribution in [0.3, 0.4) is 0 Å². The van der Waals surface area contributed by atoms with Gasteiger partial charge in [-0.25, -0.2) is 17.8 Å². The van der Waals surface area contributed by atoms with Crippen molar-refractivity contribution < 1.29 is 22.3 Å². The van der Waals surface area contributed by atoms with Crippen LogP contribution in [0.15, 0.2) is 29.6 Å². The second kappa shape index (κ2) is 7.81. The van der Waals surface area contributed by atoms with Gasteiger partial charge in [0.15, 0.2) is 9.84 Å². The highest BCUT2D eigenvalue weighted by Gasteiger charge is 2.26.